The van der Waals surface area contributed by atoms with Gasteiger partial charge in [0.2, 0.25) is 0 Å². The molecule has 0 aliphatic heterocycles. The minimum Gasteiger partial charge on any atom is -0.440 e. The Labute approximate surface area is 120 Å². The number of nitrogens with zero attached hydrogens (tertiary/aromatic N) is 1. The van der Waals surface area contributed by atoms with Crippen LogP contribution < -0.4 is 4.74 Å². The summed E-state index contributed by atoms with van der Waals surface area (Å²) in [5.74, 6) is 0.367. The number of ketones is 1. The highest BCUT2D eigenvalue weighted by Crippen LogP contribution is 2.40. The zero-order valence-electron chi connectivity index (χ0n) is 11.1. The van der Waals surface area contributed by atoms with E-state index in [2.05, 4.69) is 0 Å². The van der Waals surface area contributed by atoms with Crippen LogP contribution in [0.1, 0.15) is 29.1 Å². The number of nitro groups is 1. The molecule has 0 bridgehead atoms. The number of Topliss-reactive ketones (excluding diaryl/α,β-unsaturated/α-hetero) is 1. The van der Waals surface area contributed by atoms with Gasteiger partial charge in [-0.1, -0.05) is 36.5 Å². The third kappa shape index (κ3) is 2.85. The van der Waals surface area contributed by atoms with Crippen LogP contribution in [-0.4, -0.2) is 10.7 Å². The largest absolute Gasteiger partial charge is 0.440 e. The number of hydrogen-bond acceptors (Lipinski definition) is 5. The fourth-order valence-corrected chi connectivity index (χ4v) is 2.62. The molecule has 0 spiro atoms. The van der Waals surface area contributed by atoms with Crippen molar-refractivity contribution in [2.75, 3.05) is 0 Å². The monoisotopic (exact) mass is 291 g/mol. The molecular weight excluding hydrogens is 278 g/mol. The Balaban J connectivity index is 2.42. The first-order valence-corrected chi connectivity index (χ1v) is 6.89. The number of hydrogen-bond donors (Lipinski definition) is 0. The highest BCUT2D eigenvalue weighted by molar-refractivity contribution is 7.16. The standard InChI is InChI=1S/C14H13NO4S/c1-3-10-6-4-5-7-12(10)19-14-11(15(17)18)8-13(20-14)9(2)16/h4-8H,3H2,1-2H3. The van der Waals surface area contributed by atoms with Crippen LogP contribution in [0.2, 0.25) is 0 Å². The fraction of sp³-hybridized carbons (Fsp3) is 0.214. The first kappa shape index (κ1) is 14.2. The number of carbonyl (C=O) groups excluding carboxylic acids is 1. The van der Waals surface area contributed by atoms with Crippen molar-refractivity contribution in [3.05, 3.63) is 50.9 Å². The molecule has 6 heteroatoms. The second-order valence-corrected chi connectivity index (χ2v) is 5.17. The van der Waals surface area contributed by atoms with Gasteiger partial charge in [0.15, 0.2) is 5.78 Å². The molecule has 0 saturated heterocycles. The molecule has 5 nitrogen and oxygen atoms in total. The number of carbonyl (C=O) groups is 1. The molecule has 0 radical (unpaired) electrons. The molecule has 0 unspecified atom stereocenters. The molecule has 2 aromatic rings. The van der Waals surface area contributed by atoms with Gasteiger partial charge in [-0.25, -0.2) is 0 Å². The van der Waals surface area contributed by atoms with Crippen LogP contribution >= 0.6 is 11.3 Å². The van der Waals surface area contributed by atoms with Gasteiger partial charge in [0, 0.05) is 6.07 Å². The summed E-state index contributed by atoms with van der Waals surface area (Å²) in [5.41, 5.74) is 0.783. The summed E-state index contributed by atoms with van der Waals surface area (Å²) in [6.07, 6.45) is 0.759. The van der Waals surface area contributed by atoms with Gasteiger partial charge in [-0.15, -0.1) is 0 Å². The lowest BCUT2D eigenvalue weighted by atomic mass is 10.1. The quantitative estimate of drug-likeness (QED) is 0.470. The third-order valence-electron chi connectivity index (χ3n) is 2.78. The minimum atomic E-state index is -0.535. The lowest BCUT2D eigenvalue weighted by Gasteiger charge is -2.07. The molecule has 0 atom stereocenters. The maximum absolute atomic E-state index is 11.3. The Morgan fingerprint density at radius 2 is 2.10 bits per heavy atom. The molecule has 1 aromatic carbocycles. The molecule has 0 aliphatic carbocycles. The van der Waals surface area contributed by atoms with Crippen molar-refractivity contribution in [1.29, 1.82) is 0 Å². The maximum atomic E-state index is 11.3. The number of aryl methyl sites for hydroxylation is 1. The topological polar surface area (TPSA) is 69.4 Å². The Morgan fingerprint density at radius 3 is 2.70 bits per heavy atom. The van der Waals surface area contributed by atoms with Crippen LogP contribution in [0.5, 0.6) is 10.8 Å². The number of benzene rings is 1. The van der Waals surface area contributed by atoms with E-state index in [0.29, 0.717) is 10.6 Å². The van der Waals surface area contributed by atoms with Gasteiger partial charge in [-0.05, 0) is 25.0 Å². The minimum absolute atomic E-state index is 0.140. The molecule has 1 aromatic heterocycles. The summed E-state index contributed by atoms with van der Waals surface area (Å²) in [5, 5.41) is 11.2. The third-order valence-corrected chi connectivity index (χ3v) is 3.88. The van der Waals surface area contributed by atoms with Crippen molar-refractivity contribution >= 4 is 22.8 Å². The summed E-state index contributed by atoms with van der Waals surface area (Å²) in [6.45, 7) is 3.35. The molecular formula is C14H13NO4S. The van der Waals surface area contributed by atoms with E-state index in [-0.39, 0.29) is 16.5 Å². The van der Waals surface area contributed by atoms with Crippen LogP contribution in [0.4, 0.5) is 5.69 Å². The Kier molecular flexibility index (Phi) is 4.14. The molecule has 20 heavy (non-hydrogen) atoms. The van der Waals surface area contributed by atoms with E-state index in [1.165, 1.54) is 13.0 Å². The second-order valence-electron chi connectivity index (χ2n) is 4.16. The van der Waals surface area contributed by atoms with E-state index in [1.54, 1.807) is 12.1 Å². The summed E-state index contributed by atoms with van der Waals surface area (Å²) in [4.78, 5) is 22.1. The van der Waals surface area contributed by atoms with E-state index >= 15 is 0 Å². The van der Waals surface area contributed by atoms with E-state index in [0.717, 1.165) is 23.3 Å². The normalized spacial score (nSPS) is 10.3. The maximum Gasteiger partial charge on any atom is 0.323 e. The lowest BCUT2D eigenvalue weighted by molar-refractivity contribution is -0.385. The molecule has 1 heterocycles. The van der Waals surface area contributed by atoms with Gasteiger partial charge >= 0.3 is 5.69 Å². The number of ether oxygens (including phenoxy) is 1. The van der Waals surface area contributed by atoms with Crippen LogP contribution in [0.3, 0.4) is 0 Å². The smallest absolute Gasteiger partial charge is 0.323 e. The Hall–Kier alpha value is -2.21. The Bertz CT molecular complexity index is 663. The number of para-hydroxylation sites is 1. The van der Waals surface area contributed by atoms with Gasteiger partial charge in [-0.2, -0.15) is 0 Å². The molecule has 0 N–H and O–H groups in total. The SMILES string of the molecule is CCc1ccccc1Oc1sc(C(C)=O)cc1[N+](=O)[O-]. The van der Waals surface area contributed by atoms with Crippen LogP contribution in [0, 0.1) is 10.1 Å². The predicted molar refractivity (Wildman–Crippen MR) is 76.9 cm³/mol. The van der Waals surface area contributed by atoms with Crippen LogP contribution in [0.25, 0.3) is 0 Å². The highest BCUT2D eigenvalue weighted by Gasteiger charge is 2.23. The summed E-state index contributed by atoms with van der Waals surface area (Å²) < 4.78 is 5.65. The highest BCUT2D eigenvalue weighted by atomic mass is 32.1. The summed E-state index contributed by atoms with van der Waals surface area (Å²) in [6, 6.07) is 8.61. The van der Waals surface area contributed by atoms with Gasteiger partial charge in [0.05, 0.1) is 9.80 Å². The van der Waals surface area contributed by atoms with Crippen molar-refractivity contribution < 1.29 is 14.5 Å². The Morgan fingerprint density at radius 1 is 1.40 bits per heavy atom. The van der Waals surface area contributed by atoms with Crippen LogP contribution in [-0.2, 0) is 6.42 Å². The first-order chi connectivity index (χ1) is 9.52. The number of thiophene rings is 1. The fourth-order valence-electron chi connectivity index (χ4n) is 1.73. The molecule has 0 aliphatic rings. The number of rotatable bonds is 5. The predicted octanol–water partition coefficient (Wildman–Crippen LogP) is 4.21. The van der Waals surface area contributed by atoms with Crippen molar-refractivity contribution in [3.63, 3.8) is 0 Å². The van der Waals surface area contributed by atoms with Gasteiger partial charge in [-0.3, -0.25) is 14.9 Å². The van der Waals surface area contributed by atoms with E-state index in [9.17, 15) is 14.9 Å². The molecule has 2 rings (SSSR count). The molecule has 0 amide bonds. The average Bonchev–Trinajstić information content (AvgIpc) is 2.84. The van der Waals surface area contributed by atoms with Gasteiger partial charge < -0.3 is 4.74 Å². The van der Waals surface area contributed by atoms with Crippen LogP contribution in [0.15, 0.2) is 30.3 Å². The lowest BCUT2D eigenvalue weighted by Crippen LogP contribution is -1.92. The average molecular weight is 291 g/mol. The molecule has 0 saturated carbocycles. The van der Waals surface area contributed by atoms with Crippen molar-refractivity contribution in [2.45, 2.75) is 20.3 Å². The first-order valence-electron chi connectivity index (χ1n) is 6.07. The molecule has 104 valence electrons. The zero-order chi connectivity index (χ0) is 14.7. The van der Waals surface area contributed by atoms with Gasteiger partial charge in [0.25, 0.3) is 5.06 Å². The summed E-state index contributed by atoms with van der Waals surface area (Å²) in [7, 11) is 0. The second kappa shape index (κ2) is 5.83. The van der Waals surface area contributed by atoms with Crippen molar-refractivity contribution in [3.8, 4) is 10.8 Å². The summed E-state index contributed by atoms with van der Waals surface area (Å²) >= 11 is 0.997. The van der Waals surface area contributed by atoms with Crippen molar-refractivity contribution in [2.24, 2.45) is 0 Å². The van der Waals surface area contributed by atoms with E-state index in [1.807, 2.05) is 19.1 Å². The zero-order valence-corrected chi connectivity index (χ0v) is 11.9. The van der Waals surface area contributed by atoms with E-state index < -0.39 is 4.92 Å². The van der Waals surface area contributed by atoms with Gasteiger partial charge in [0.1, 0.15) is 5.75 Å². The molecule has 0 fully saturated rings. The van der Waals surface area contributed by atoms with Crippen molar-refractivity contribution in [1.82, 2.24) is 0 Å². The van der Waals surface area contributed by atoms with E-state index in [4.69, 9.17) is 4.74 Å².